The summed E-state index contributed by atoms with van der Waals surface area (Å²) in [5.74, 6) is -0.917. The average molecular weight is 379 g/mol. The van der Waals surface area contributed by atoms with Crippen LogP contribution in [0.15, 0.2) is 35.8 Å². The van der Waals surface area contributed by atoms with Gasteiger partial charge in [0, 0.05) is 17.5 Å². The Kier molecular flexibility index (Phi) is 5.71. The van der Waals surface area contributed by atoms with E-state index in [1.54, 1.807) is 6.08 Å². The zero-order chi connectivity index (χ0) is 13.1. The Morgan fingerprint density at radius 3 is 2.68 bits per heavy atom. The summed E-state index contributed by atoms with van der Waals surface area (Å²) in [6, 6.07) is 3.84. The van der Waals surface area contributed by atoms with Crippen LogP contribution < -0.4 is 11.1 Å². The lowest BCUT2D eigenvalue weighted by Crippen LogP contribution is -2.34. The predicted molar refractivity (Wildman–Crippen MR) is 82.7 cm³/mol. The number of halogens is 3. The Labute approximate surface area is 128 Å². The van der Waals surface area contributed by atoms with E-state index >= 15 is 0 Å². The molecule has 0 aliphatic heterocycles. The van der Waals surface area contributed by atoms with E-state index in [1.807, 2.05) is 0 Å². The summed E-state index contributed by atoms with van der Waals surface area (Å²) < 4.78 is 27.0. The number of nitrogens with zero attached hydrogens (tertiary/aromatic N) is 1. The van der Waals surface area contributed by atoms with E-state index in [2.05, 4.69) is 16.9 Å². The fourth-order valence-electron chi connectivity index (χ4n) is 1.94. The standard InChI is InChI=1S/C13H15F2N3.HI/c1-2-6-17-13(16)18-11-7-8(11)12-9(14)4-3-5-10(12)15;/h2-5,8,11H,1,6-7H2,(H3,16,17,18);1H. The number of benzene rings is 1. The molecule has 0 amide bonds. The highest BCUT2D eigenvalue weighted by atomic mass is 127. The monoisotopic (exact) mass is 379 g/mol. The van der Waals surface area contributed by atoms with Crippen molar-refractivity contribution in [2.45, 2.75) is 18.4 Å². The summed E-state index contributed by atoms with van der Waals surface area (Å²) in [6.07, 6.45) is 2.28. The maximum atomic E-state index is 13.5. The zero-order valence-electron chi connectivity index (χ0n) is 10.3. The molecule has 1 saturated carbocycles. The van der Waals surface area contributed by atoms with Gasteiger partial charge in [-0.1, -0.05) is 12.1 Å². The fourth-order valence-corrected chi connectivity index (χ4v) is 1.94. The van der Waals surface area contributed by atoms with Gasteiger partial charge < -0.3 is 11.1 Å². The lowest BCUT2D eigenvalue weighted by molar-refractivity contribution is 0.554. The first kappa shape index (κ1) is 15.9. The third-order valence-electron chi connectivity index (χ3n) is 2.88. The molecule has 2 atom stereocenters. The van der Waals surface area contributed by atoms with Crippen LogP contribution in [0.1, 0.15) is 17.9 Å². The van der Waals surface area contributed by atoms with Crippen LogP contribution in [0.5, 0.6) is 0 Å². The molecule has 2 unspecified atom stereocenters. The molecular formula is C13H16F2IN3. The van der Waals surface area contributed by atoms with Crippen molar-refractivity contribution in [3.63, 3.8) is 0 Å². The number of nitrogens with two attached hydrogens (primary N) is 1. The van der Waals surface area contributed by atoms with Crippen LogP contribution in [0.3, 0.4) is 0 Å². The average Bonchev–Trinajstić information content (AvgIpc) is 3.05. The third-order valence-corrected chi connectivity index (χ3v) is 2.88. The molecule has 2 rings (SSSR count). The fraction of sp³-hybridized carbons (Fsp3) is 0.308. The molecule has 3 N–H and O–H groups in total. The van der Waals surface area contributed by atoms with Gasteiger partial charge in [-0.15, -0.1) is 30.6 Å². The topological polar surface area (TPSA) is 50.4 Å². The van der Waals surface area contributed by atoms with E-state index in [9.17, 15) is 8.78 Å². The molecular weight excluding hydrogens is 363 g/mol. The SMILES string of the molecule is C=CCN=C(N)NC1CC1c1c(F)cccc1F.I. The lowest BCUT2D eigenvalue weighted by atomic mass is 10.1. The van der Waals surface area contributed by atoms with Gasteiger partial charge in [0.05, 0.1) is 6.54 Å². The van der Waals surface area contributed by atoms with E-state index < -0.39 is 11.6 Å². The first-order chi connectivity index (χ1) is 8.63. The Balaban J connectivity index is 0.00000180. The molecule has 104 valence electrons. The molecule has 0 bridgehead atoms. The van der Waals surface area contributed by atoms with E-state index in [1.165, 1.54) is 18.2 Å². The molecule has 3 nitrogen and oxygen atoms in total. The molecule has 1 fully saturated rings. The normalized spacial score (nSPS) is 21.5. The van der Waals surface area contributed by atoms with Crippen LogP contribution in [0.2, 0.25) is 0 Å². The molecule has 0 aromatic heterocycles. The first-order valence-electron chi connectivity index (χ1n) is 5.74. The smallest absolute Gasteiger partial charge is 0.189 e. The highest BCUT2D eigenvalue weighted by Crippen LogP contribution is 2.42. The second-order valence-electron chi connectivity index (χ2n) is 4.24. The van der Waals surface area contributed by atoms with Gasteiger partial charge in [-0.2, -0.15) is 0 Å². The minimum Gasteiger partial charge on any atom is -0.370 e. The van der Waals surface area contributed by atoms with Crippen LogP contribution in [0.25, 0.3) is 0 Å². The number of hydrogen-bond acceptors (Lipinski definition) is 1. The number of aliphatic imine (C=N–C) groups is 1. The Hall–Kier alpha value is -1.18. The van der Waals surface area contributed by atoms with Gasteiger partial charge in [0.25, 0.3) is 0 Å². The Morgan fingerprint density at radius 1 is 1.47 bits per heavy atom. The Morgan fingerprint density at radius 2 is 2.11 bits per heavy atom. The van der Waals surface area contributed by atoms with Gasteiger partial charge in [-0.3, -0.25) is 0 Å². The van der Waals surface area contributed by atoms with Crippen LogP contribution in [-0.4, -0.2) is 18.5 Å². The Bertz CT molecular complexity index is 471. The summed E-state index contributed by atoms with van der Waals surface area (Å²) >= 11 is 0. The van der Waals surface area contributed by atoms with Crippen LogP contribution in [0, 0.1) is 11.6 Å². The van der Waals surface area contributed by atoms with Gasteiger partial charge in [-0.05, 0) is 18.6 Å². The van der Waals surface area contributed by atoms with Crippen molar-refractivity contribution < 1.29 is 8.78 Å². The molecule has 1 aliphatic carbocycles. The van der Waals surface area contributed by atoms with Crippen molar-refractivity contribution in [3.8, 4) is 0 Å². The number of hydrogen-bond donors (Lipinski definition) is 2. The second-order valence-corrected chi connectivity index (χ2v) is 4.24. The van der Waals surface area contributed by atoms with E-state index in [-0.39, 0.29) is 47.5 Å². The van der Waals surface area contributed by atoms with Gasteiger partial charge >= 0.3 is 0 Å². The van der Waals surface area contributed by atoms with Crippen molar-refractivity contribution in [1.82, 2.24) is 5.32 Å². The largest absolute Gasteiger partial charge is 0.370 e. The molecule has 0 radical (unpaired) electrons. The van der Waals surface area contributed by atoms with Crippen LogP contribution in [0.4, 0.5) is 8.78 Å². The van der Waals surface area contributed by atoms with E-state index in [0.717, 1.165) is 0 Å². The van der Waals surface area contributed by atoms with Crippen molar-refractivity contribution >= 4 is 29.9 Å². The summed E-state index contributed by atoms with van der Waals surface area (Å²) in [4.78, 5) is 3.97. The molecule has 6 heteroatoms. The number of rotatable bonds is 4. The van der Waals surface area contributed by atoms with Gasteiger partial charge in [0.2, 0.25) is 0 Å². The van der Waals surface area contributed by atoms with Crippen molar-refractivity contribution in [3.05, 3.63) is 48.1 Å². The highest BCUT2D eigenvalue weighted by molar-refractivity contribution is 14.0. The molecule has 0 saturated heterocycles. The summed E-state index contributed by atoms with van der Waals surface area (Å²) in [5.41, 5.74) is 5.75. The molecule has 1 aliphatic rings. The molecule has 1 aromatic carbocycles. The summed E-state index contributed by atoms with van der Waals surface area (Å²) in [5, 5.41) is 2.94. The van der Waals surface area contributed by atoms with Gasteiger partial charge in [-0.25, -0.2) is 13.8 Å². The highest BCUT2D eigenvalue weighted by Gasteiger charge is 2.42. The molecule has 0 spiro atoms. The molecule has 0 heterocycles. The minimum absolute atomic E-state index is 0. The van der Waals surface area contributed by atoms with Crippen molar-refractivity contribution in [1.29, 1.82) is 0 Å². The van der Waals surface area contributed by atoms with Gasteiger partial charge in [0.1, 0.15) is 11.6 Å². The number of guanidine groups is 1. The quantitative estimate of drug-likeness (QED) is 0.366. The van der Waals surface area contributed by atoms with Crippen molar-refractivity contribution in [2.75, 3.05) is 6.54 Å². The third kappa shape index (κ3) is 3.89. The maximum Gasteiger partial charge on any atom is 0.189 e. The van der Waals surface area contributed by atoms with Gasteiger partial charge in [0.15, 0.2) is 5.96 Å². The number of nitrogens with one attached hydrogen (secondary N) is 1. The van der Waals surface area contributed by atoms with E-state index in [0.29, 0.717) is 13.0 Å². The van der Waals surface area contributed by atoms with Crippen LogP contribution >= 0.6 is 24.0 Å². The molecule has 19 heavy (non-hydrogen) atoms. The second kappa shape index (κ2) is 6.83. The summed E-state index contributed by atoms with van der Waals surface area (Å²) in [7, 11) is 0. The predicted octanol–water partition coefficient (Wildman–Crippen LogP) is 2.53. The lowest BCUT2D eigenvalue weighted by Gasteiger charge is -2.06. The maximum absolute atomic E-state index is 13.5. The minimum atomic E-state index is -0.508. The molecule has 1 aromatic rings. The first-order valence-corrected chi connectivity index (χ1v) is 5.74. The summed E-state index contributed by atoms with van der Waals surface area (Å²) in [6.45, 7) is 3.94. The zero-order valence-corrected chi connectivity index (χ0v) is 12.6. The van der Waals surface area contributed by atoms with Crippen molar-refractivity contribution in [2.24, 2.45) is 10.7 Å². The van der Waals surface area contributed by atoms with Crippen LogP contribution in [-0.2, 0) is 0 Å². The van der Waals surface area contributed by atoms with E-state index in [4.69, 9.17) is 5.73 Å².